The fourth-order valence-corrected chi connectivity index (χ4v) is 4.07. The molecule has 3 aliphatic heterocycles. The SMILES string of the molecule is CC1(c2ccc(Cl)cn2)C(=O)Nc2nc(C3=CN4NCN=C4C(CCC(F)(F)C(F)(F)F)=N3)ncc21. The lowest BCUT2D eigenvalue weighted by atomic mass is 9.81. The predicted molar refractivity (Wildman–Crippen MR) is 119 cm³/mol. The van der Waals surface area contributed by atoms with E-state index < -0.39 is 36.3 Å². The third kappa shape index (κ3) is 3.89. The van der Waals surface area contributed by atoms with Gasteiger partial charge in [-0.2, -0.15) is 22.0 Å². The van der Waals surface area contributed by atoms with Gasteiger partial charge in [0.15, 0.2) is 11.7 Å². The monoisotopic (exact) mass is 526 g/mol. The highest BCUT2D eigenvalue weighted by atomic mass is 35.5. The average molecular weight is 527 g/mol. The van der Waals surface area contributed by atoms with Crippen molar-refractivity contribution in [2.24, 2.45) is 9.98 Å². The molecule has 36 heavy (non-hydrogen) atoms. The Balaban J connectivity index is 1.47. The molecule has 9 nitrogen and oxygen atoms in total. The maximum Gasteiger partial charge on any atom is 0.453 e. The molecule has 188 valence electrons. The number of nitrogens with one attached hydrogen (secondary N) is 2. The van der Waals surface area contributed by atoms with Crippen LogP contribution in [0.3, 0.4) is 0 Å². The number of halogens is 6. The number of hydrazine groups is 1. The highest BCUT2D eigenvalue weighted by molar-refractivity contribution is 6.43. The summed E-state index contributed by atoms with van der Waals surface area (Å²) in [5.41, 5.74) is 2.50. The molecule has 0 radical (unpaired) electrons. The summed E-state index contributed by atoms with van der Waals surface area (Å²) in [5.74, 6) is -4.93. The standard InChI is InChI=1S/C21H16ClF5N8O/c1-19(14-3-2-10(22)6-28-14)11-7-29-16(33-15(11)34-18(19)36)13-8-35-17(30-9-31-35)12(32-13)4-5-20(23,24)21(25,26)27/h2-3,6-8,31H,4-5,9H2,1H3,(H,29,33,34,36). The zero-order chi connectivity index (χ0) is 25.9. The van der Waals surface area contributed by atoms with Gasteiger partial charge in [0, 0.05) is 24.4 Å². The molecular weight excluding hydrogens is 511 g/mol. The van der Waals surface area contributed by atoms with Gasteiger partial charge in [0.05, 0.1) is 22.6 Å². The van der Waals surface area contributed by atoms with Crippen LogP contribution in [0.1, 0.15) is 36.8 Å². The number of carbonyl (C=O) groups is 1. The fourth-order valence-electron chi connectivity index (χ4n) is 3.96. The molecule has 0 saturated carbocycles. The number of carbonyl (C=O) groups excluding carboxylic acids is 1. The minimum atomic E-state index is -5.68. The predicted octanol–water partition coefficient (Wildman–Crippen LogP) is 3.69. The molecule has 0 aliphatic carbocycles. The van der Waals surface area contributed by atoms with E-state index in [4.69, 9.17) is 11.6 Å². The number of alkyl halides is 5. The summed E-state index contributed by atoms with van der Waals surface area (Å²) in [4.78, 5) is 34.1. The van der Waals surface area contributed by atoms with Gasteiger partial charge >= 0.3 is 12.1 Å². The fraction of sp³-hybridized carbons (Fsp3) is 0.333. The van der Waals surface area contributed by atoms with Crippen LogP contribution in [0, 0.1) is 0 Å². The summed E-state index contributed by atoms with van der Waals surface area (Å²) >= 11 is 5.91. The van der Waals surface area contributed by atoms with E-state index in [0.717, 1.165) is 0 Å². The second-order valence-electron chi connectivity index (χ2n) is 8.34. The van der Waals surface area contributed by atoms with E-state index in [1.165, 1.54) is 23.6 Å². The van der Waals surface area contributed by atoms with Crippen LogP contribution in [0.2, 0.25) is 5.02 Å². The van der Waals surface area contributed by atoms with E-state index in [-0.39, 0.29) is 35.6 Å². The molecule has 0 fully saturated rings. The largest absolute Gasteiger partial charge is 0.453 e. The zero-order valence-corrected chi connectivity index (χ0v) is 19.1. The van der Waals surface area contributed by atoms with Crippen molar-refractivity contribution in [3.8, 4) is 0 Å². The first-order chi connectivity index (χ1) is 16.9. The maximum absolute atomic E-state index is 13.5. The number of aromatic nitrogens is 3. The zero-order valence-electron chi connectivity index (χ0n) is 18.4. The van der Waals surface area contributed by atoms with Gasteiger partial charge < -0.3 is 5.32 Å². The van der Waals surface area contributed by atoms with E-state index in [9.17, 15) is 26.7 Å². The molecule has 0 bridgehead atoms. The Hall–Kier alpha value is -3.52. The minimum Gasteiger partial charge on any atom is -0.309 e. The highest BCUT2D eigenvalue weighted by Crippen LogP contribution is 2.42. The molecule has 5 heterocycles. The lowest BCUT2D eigenvalue weighted by Gasteiger charge is -2.24. The van der Waals surface area contributed by atoms with Gasteiger partial charge in [0.2, 0.25) is 5.91 Å². The van der Waals surface area contributed by atoms with E-state index in [0.29, 0.717) is 16.3 Å². The van der Waals surface area contributed by atoms with E-state index in [1.54, 1.807) is 19.1 Å². The van der Waals surface area contributed by atoms with E-state index in [2.05, 4.69) is 35.7 Å². The van der Waals surface area contributed by atoms with Crippen LogP contribution in [-0.4, -0.2) is 56.2 Å². The molecule has 3 aliphatic rings. The molecular formula is C21H16ClF5N8O. The van der Waals surface area contributed by atoms with Crippen molar-refractivity contribution in [3.63, 3.8) is 0 Å². The van der Waals surface area contributed by atoms with Gasteiger partial charge in [-0.05, 0) is 25.5 Å². The number of pyridine rings is 1. The average Bonchev–Trinajstić information content (AvgIpc) is 3.39. The van der Waals surface area contributed by atoms with Crippen molar-refractivity contribution < 1.29 is 26.7 Å². The van der Waals surface area contributed by atoms with Crippen molar-refractivity contribution in [2.75, 3.05) is 12.0 Å². The Morgan fingerprint density at radius 2 is 1.94 bits per heavy atom. The molecule has 0 spiro atoms. The van der Waals surface area contributed by atoms with Crippen LogP contribution in [0.25, 0.3) is 5.70 Å². The molecule has 15 heteroatoms. The molecule has 1 unspecified atom stereocenters. The van der Waals surface area contributed by atoms with Gasteiger partial charge in [0.25, 0.3) is 0 Å². The second kappa shape index (κ2) is 8.27. The third-order valence-electron chi connectivity index (χ3n) is 6.04. The number of amides is 1. The first-order valence-corrected chi connectivity index (χ1v) is 10.9. The van der Waals surface area contributed by atoms with E-state index in [1.807, 2.05) is 0 Å². The van der Waals surface area contributed by atoms with Crippen molar-refractivity contribution in [1.82, 2.24) is 25.4 Å². The van der Waals surface area contributed by atoms with Crippen LogP contribution in [0.4, 0.5) is 27.8 Å². The van der Waals surface area contributed by atoms with Crippen LogP contribution < -0.4 is 10.7 Å². The number of amidine groups is 1. The van der Waals surface area contributed by atoms with Gasteiger partial charge in [-0.1, -0.05) is 11.6 Å². The molecule has 2 N–H and O–H groups in total. The quantitative estimate of drug-likeness (QED) is 0.575. The Kier molecular flexibility index (Phi) is 5.55. The Labute approximate surface area is 205 Å². The number of nitrogens with zero attached hydrogens (tertiary/aromatic N) is 6. The number of aliphatic imine (C=N–C) groups is 2. The number of anilines is 1. The molecule has 1 atom stereocenters. The molecule has 5 rings (SSSR count). The molecule has 2 aromatic heterocycles. The molecule has 1 amide bonds. The van der Waals surface area contributed by atoms with Crippen molar-refractivity contribution in [3.05, 3.63) is 52.8 Å². The van der Waals surface area contributed by atoms with Gasteiger partial charge in [-0.15, -0.1) is 0 Å². The Bertz CT molecular complexity index is 1340. The topological polar surface area (TPSA) is 108 Å². The number of rotatable bonds is 5. The van der Waals surface area contributed by atoms with Gasteiger partial charge in [-0.3, -0.25) is 14.8 Å². The lowest BCUT2D eigenvalue weighted by Crippen LogP contribution is -2.41. The van der Waals surface area contributed by atoms with Crippen molar-refractivity contribution >= 4 is 40.6 Å². The van der Waals surface area contributed by atoms with Crippen LogP contribution in [0.5, 0.6) is 0 Å². The van der Waals surface area contributed by atoms with Crippen LogP contribution in [-0.2, 0) is 10.2 Å². The molecule has 0 aromatic carbocycles. The second-order valence-corrected chi connectivity index (χ2v) is 8.78. The first-order valence-electron chi connectivity index (χ1n) is 10.5. The first kappa shape index (κ1) is 24.2. The summed E-state index contributed by atoms with van der Waals surface area (Å²) in [6, 6.07) is 3.21. The van der Waals surface area contributed by atoms with Crippen LogP contribution in [0.15, 0.2) is 40.7 Å². The van der Waals surface area contributed by atoms with Crippen molar-refractivity contribution in [1.29, 1.82) is 0 Å². The summed E-state index contributed by atoms with van der Waals surface area (Å²) in [6.45, 7) is 1.74. The number of fused-ring (bicyclic) bond motifs is 2. The highest BCUT2D eigenvalue weighted by Gasteiger charge is 2.57. The van der Waals surface area contributed by atoms with E-state index >= 15 is 0 Å². The third-order valence-corrected chi connectivity index (χ3v) is 6.26. The van der Waals surface area contributed by atoms with Gasteiger partial charge in [-0.25, -0.2) is 25.4 Å². The van der Waals surface area contributed by atoms with Crippen molar-refractivity contribution in [2.45, 2.75) is 37.3 Å². The number of hydrogen-bond donors (Lipinski definition) is 2. The normalized spacial score (nSPS) is 21.5. The summed E-state index contributed by atoms with van der Waals surface area (Å²) < 4.78 is 65.0. The Morgan fingerprint density at radius 1 is 1.17 bits per heavy atom. The summed E-state index contributed by atoms with van der Waals surface area (Å²) in [6.07, 6.45) is -3.60. The Morgan fingerprint density at radius 3 is 2.64 bits per heavy atom. The van der Waals surface area contributed by atoms with Gasteiger partial charge in [0.1, 0.15) is 23.6 Å². The lowest BCUT2D eigenvalue weighted by molar-refractivity contribution is -0.283. The maximum atomic E-state index is 13.5. The molecule has 2 aromatic rings. The number of hydrogen-bond acceptors (Lipinski definition) is 8. The minimum absolute atomic E-state index is 0.0233. The van der Waals surface area contributed by atoms with Crippen LogP contribution >= 0.6 is 11.6 Å². The summed E-state index contributed by atoms with van der Waals surface area (Å²) in [5, 5.41) is 4.45. The molecule has 0 saturated heterocycles. The smallest absolute Gasteiger partial charge is 0.309 e. The summed E-state index contributed by atoms with van der Waals surface area (Å²) in [7, 11) is 0.